The molecule has 1 aromatic carbocycles. The SMILES string of the molecule is CC1CC(Nc2cc(Cl)nc(-c3ccccc3)n2)C1. The Morgan fingerprint density at radius 3 is 2.58 bits per heavy atom. The molecule has 1 saturated carbocycles. The third kappa shape index (κ3) is 2.87. The number of hydrogen-bond donors (Lipinski definition) is 1. The Kier molecular flexibility index (Phi) is 3.38. The molecule has 4 heteroatoms. The summed E-state index contributed by atoms with van der Waals surface area (Å²) in [6.45, 7) is 2.26. The lowest BCUT2D eigenvalue weighted by atomic mass is 9.82. The molecule has 2 aromatic rings. The molecule has 1 aromatic heterocycles. The van der Waals surface area contributed by atoms with E-state index in [2.05, 4.69) is 22.2 Å². The maximum Gasteiger partial charge on any atom is 0.163 e. The maximum atomic E-state index is 6.08. The lowest BCUT2D eigenvalue weighted by molar-refractivity contribution is 0.308. The zero-order valence-electron chi connectivity index (χ0n) is 10.8. The van der Waals surface area contributed by atoms with E-state index in [-0.39, 0.29) is 0 Å². The minimum atomic E-state index is 0.476. The molecular weight excluding hydrogens is 258 g/mol. The normalized spacial score (nSPS) is 21.8. The Bertz CT molecular complexity index is 565. The molecule has 3 rings (SSSR count). The number of rotatable bonds is 3. The van der Waals surface area contributed by atoms with Crippen molar-refractivity contribution in [2.75, 3.05) is 5.32 Å². The molecule has 3 nitrogen and oxygen atoms in total. The summed E-state index contributed by atoms with van der Waals surface area (Å²) < 4.78 is 0. The van der Waals surface area contributed by atoms with Crippen LogP contribution in [-0.2, 0) is 0 Å². The fraction of sp³-hybridized carbons (Fsp3) is 0.333. The van der Waals surface area contributed by atoms with Crippen molar-refractivity contribution in [2.45, 2.75) is 25.8 Å². The Balaban J connectivity index is 1.84. The van der Waals surface area contributed by atoms with Crippen molar-refractivity contribution in [3.8, 4) is 11.4 Å². The van der Waals surface area contributed by atoms with Crippen LogP contribution in [-0.4, -0.2) is 16.0 Å². The third-order valence-corrected chi connectivity index (χ3v) is 3.65. The summed E-state index contributed by atoms with van der Waals surface area (Å²) in [6, 6.07) is 12.2. The van der Waals surface area contributed by atoms with Crippen molar-refractivity contribution in [3.05, 3.63) is 41.6 Å². The number of hydrogen-bond acceptors (Lipinski definition) is 3. The molecule has 0 unspecified atom stereocenters. The standard InChI is InChI=1S/C15H16ClN3/c1-10-7-12(8-10)17-14-9-13(16)18-15(19-14)11-5-3-2-4-6-11/h2-6,9-10,12H,7-8H2,1H3,(H,17,18,19). The maximum absolute atomic E-state index is 6.08. The third-order valence-electron chi connectivity index (χ3n) is 3.45. The van der Waals surface area contributed by atoms with Crippen LogP contribution in [0.3, 0.4) is 0 Å². The van der Waals surface area contributed by atoms with Gasteiger partial charge in [0.05, 0.1) is 0 Å². The molecule has 0 amide bonds. The topological polar surface area (TPSA) is 37.8 Å². The molecule has 1 N–H and O–H groups in total. The van der Waals surface area contributed by atoms with Crippen LogP contribution >= 0.6 is 11.6 Å². The van der Waals surface area contributed by atoms with E-state index < -0.39 is 0 Å². The highest BCUT2D eigenvalue weighted by molar-refractivity contribution is 6.29. The van der Waals surface area contributed by atoms with Crippen LogP contribution in [0, 0.1) is 5.92 Å². The van der Waals surface area contributed by atoms with Gasteiger partial charge in [0.1, 0.15) is 11.0 Å². The quantitative estimate of drug-likeness (QED) is 0.859. The van der Waals surface area contributed by atoms with E-state index in [0.717, 1.165) is 17.3 Å². The molecular formula is C15H16ClN3. The average molecular weight is 274 g/mol. The monoisotopic (exact) mass is 273 g/mol. The minimum Gasteiger partial charge on any atom is -0.367 e. The molecule has 19 heavy (non-hydrogen) atoms. The molecule has 0 atom stereocenters. The van der Waals surface area contributed by atoms with Gasteiger partial charge in [-0.05, 0) is 18.8 Å². The number of aromatic nitrogens is 2. The van der Waals surface area contributed by atoms with Gasteiger partial charge in [0.15, 0.2) is 5.82 Å². The van der Waals surface area contributed by atoms with Gasteiger partial charge in [-0.2, -0.15) is 0 Å². The molecule has 0 radical (unpaired) electrons. The summed E-state index contributed by atoms with van der Waals surface area (Å²) in [5.74, 6) is 2.29. The first-order valence-electron chi connectivity index (χ1n) is 6.57. The van der Waals surface area contributed by atoms with Crippen LogP contribution in [0.15, 0.2) is 36.4 Å². The molecule has 0 bridgehead atoms. The summed E-state index contributed by atoms with van der Waals surface area (Å²) in [5.41, 5.74) is 0.982. The van der Waals surface area contributed by atoms with Crippen LogP contribution in [0.1, 0.15) is 19.8 Å². The van der Waals surface area contributed by atoms with Crippen molar-refractivity contribution < 1.29 is 0 Å². The van der Waals surface area contributed by atoms with Gasteiger partial charge in [-0.3, -0.25) is 0 Å². The summed E-state index contributed by atoms with van der Waals surface area (Å²) in [7, 11) is 0. The number of anilines is 1. The molecule has 98 valence electrons. The molecule has 0 saturated heterocycles. The van der Waals surface area contributed by atoms with Gasteiger partial charge in [-0.25, -0.2) is 9.97 Å². The highest BCUT2D eigenvalue weighted by atomic mass is 35.5. The molecule has 0 aliphatic heterocycles. The molecule has 1 heterocycles. The van der Waals surface area contributed by atoms with Gasteiger partial charge < -0.3 is 5.32 Å². The van der Waals surface area contributed by atoms with Crippen molar-refractivity contribution in [1.82, 2.24) is 9.97 Å². The number of benzene rings is 1. The van der Waals surface area contributed by atoms with Crippen LogP contribution in [0.5, 0.6) is 0 Å². The van der Waals surface area contributed by atoms with Crippen molar-refractivity contribution in [1.29, 1.82) is 0 Å². The lowest BCUT2D eigenvalue weighted by Crippen LogP contribution is -2.34. The van der Waals surface area contributed by atoms with E-state index >= 15 is 0 Å². The first-order chi connectivity index (χ1) is 9.20. The van der Waals surface area contributed by atoms with E-state index in [4.69, 9.17) is 11.6 Å². The van der Waals surface area contributed by atoms with E-state index in [1.54, 1.807) is 6.07 Å². The van der Waals surface area contributed by atoms with E-state index in [0.29, 0.717) is 17.0 Å². The van der Waals surface area contributed by atoms with Gasteiger partial charge in [0, 0.05) is 17.7 Å². The predicted octanol–water partition coefficient (Wildman–Crippen LogP) is 4.01. The van der Waals surface area contributed by atoms with Gasteiger partial charge >= 0.3 is 0 Å². The molecule has 1 aliphatic carbocycles. The van der Waals surface area contributed by atoms with Gasteiger partial charge in [-0.15, -0.1) is 0 Å². The first kappa shape index (κ1) is 12.4. The van der Waals surface area contributed by atoms with Crippen molar-refractivity contribution >= 4 is 17.4 Å². The lowest BCUT2D eigenvalue weighted by Gasteiger charge is -2.33. The average Bonchev–Trinajstić information content (AvgIpc) is 2.37. The second-order valence-corrected chi connectivity index (χ2v) is 5.57. The van der Waals surface area contributed by atoms with Crippen LogP contribution in [0.25, 0.3) is 11.4 Å². The second-order valence-electron chi connectivity index (χ2n) is 5.18. The summed E-state index contributed by atoms with van der Waals surface area (Å²) in [5, 5.41) is 3.90. The fourth-order valence-electron chi connectivity index (χ4n) is 2.44. The van der Waals surface area contributed by atoms with Gasteiger partial charge in [0.2, 0.25) is 0 Å². The Labute approximate surface area is 118 Å². The van der Waals surface area contributed by atoms with Crippen molar-refractivity contribution in [2.24, 2.45) is 5.92 Å². The zero-order chi connectivity index (χ0) is 13.2. The van der Waals surface area contributed by atoms with Crippen LogP contribution < -0.4 is 5.32 Å². The molecule has 1 aliphatic rings. The molecule has 1 fully saturated rings. The highest BCUT2D eigenvalue weighted by Crippen LogP contribution is 2.30. The highest BCUT2D eigenvalue weighted by Gasteiger charge is 2.25. The Morgan fingerprint density at radius 1 is 1.16 bits per heavy atom. The zero-order valence-corrected chi connectivity index (χ0v) is 11.6. The van der Waals surface area contributed by atoms with Crippen LogP contribution in [0.2, 0.25) is 5.15 Å². The van der Waals surface area contributed by atoms with Crippen molar-refractivity contribution in [3.63, 3.8) is 0 Å². The Morgan fingerprint density at radius 2 is 1.89 bits per heavy atom. The smallest absolute Gasteiger partial charge is 0.163 e. The number of nitrogens with zero attached hydrogens (tertiary/aromatic N) is 2. The minimum absolute atomic E-state index is 0.476. The van der Waals surface area contributed by atoms with E-state index in [1.807, 2.05) is 30.3 Å². The van der Waals surface area contributed by atoms with E-state index in [1.165, 1.54) is 12.8 Å². The summed E-state index contributed by atoms with van der Waals surface area (Å²) in [4.78, 5) is 8.83. The summed E-state index contributed by atoms with van der Waals surface area (Å²) >= 11 is 6.08. The van der Waals surface area contributed by atoms with Crippen LogP contribution in [0.4, 0.5) is 5.82 Å². The fourth-order valence-corrected chi connectivity index (χ4v) is 2.62. The predicted molar refractivity (Wildman–Crippen MR) is 78.3 cm³/mol. The van der Waals surface area contributed by atoms with E-state index in [9.17, 15) is 0 Å². The number of nitrogens with one attached hydrogen (secondary N) is 1. The van der Waals surface area contributed by atoms with Gasteiger partial charge in [-0.1, -0.05) is 48.9 Å². The Hall–Kier alpha value is -1.61. The summed E-state index contributed by atoms with van der Waals surface area (Å²) in [6.07, 6.45) is 2.39. The molecule has 0 spiro atoms. The largest absolute Gasteiger partial charge is 0.367 e. The first-order valence-corrected chi connectivity index (χ1v) is 6.95. The van der Waals surface area contributed by atoms with Gasteiger partial charge in [0.25, 0.3) is 0 Å². The number of halogens is 1. The second kappa shape index (κ2) is 5.17.